The van der Waals surface area contributed by atoms with Crippen LogP contribution in [0.25, 0.3) is 0 Å². The Kier molecular flexibility index (Phi) is 5.26. The molecule has 5 heteroatoms. The fraction of sp³-hybridized carbons (Fsp3) is 0.333. The molecule has 0 bridgehead atoms. The molecule has 0 radical (unpaired) electrons. The molecule has 1 heterocycles. The first kappa shape index (κ1) is 18.0. The van der Waals surface area contributed by atoms with E-state index in [9.17, 15) is 9.59 Å². The fourth-order valence-electron chi connectivity index (χ4n) is 3.30. The quantitative estimate of drug-likeness (QED) is 0.775. The van der Waals surface area contributed by atoms with Crippen molar-refractivity contribution in [3.05, 3.63) is 59.7 Å². The number of para-hydroxylation sites is 1. The Bertz CT molecular complexity index is 800. The maximum Gasteiger partial charge on any atom is 0.311 e. The Balaban J connectivity index is 1.62. The van der Waals surface area contributed by atoms with Crippen LogP contribution in [0.4, 0.5) is 5.69 Å². The Morgan fingerprint density at radius 1 is 1.15 bits per heavy atom. The second-order valence-corrected chi connectivity index (χ2v) is 6.55. The summed E-state index contributed by atoms with van der Waals surface area (Å²) in [4.78, 5) is 26.8. The van der Waals surface area contributed by atoms with Gasteiger partial charge in [-0.15, -0.1) is 0 Å². The van der Waals surface area contributed by atoms with Crippen molar-refractivity contribution in [2.75, 3.05) is 12.0 Å². The van der Waals surface area contributed by atoms with Gasteiger partial charge in [0, 0.05) is 11.7 Å². The third-order valence-corrected chi connectivity index (χ3v) is 4.61. The van der Waals surface area contributed by atoms with Crippen LogP contribution in [0.5, 0.6) is 5.75 Å². The van der Waals surface area contributed by atoms with Crippen LogP contribution in [-0.2, 0) is 27.2 Å². The molecule has 0 saturated carbocycles. The van der Waals surface area contributed by atoms with Gasteiger partial charge >= 0.3 is 5.97 Å². The van der Waals surface area contributed by atoms with E-state index in [1.165, 1.54) is 0 Å². The number of benzene rings is 2. The van der Waals surface area contributed by atoms with E-state index in [0.29, 0.717) is 0 Å². The number of esters is 1. The highest BCUT2D eigenvalue weighted by Gasteiger charge is 2.34. The van der Waals surface area contributed by atoms with Crippen molar-refractivity contribution in [2.45, 2.75) is 38.8 Å². The first-order valence-corrected chi connectivity index (χ1v) is 8.73. The molecule has 3 rings (SSSR count). The fourth-order valence-corrected chi connectivity index (χ4v) is 3.30. The number of methoxy groups -OCH3 is 1. The van der Waals surface area contributed by atoms with Gasteiger partial charge in [0.2, 0.25) is 0 Å². The minimum absolute atomic E-state index is 0.0580. The van der Waals surface area contributed by atoms with Crippen LogP contribution in [0.2, 0.25) is 0 Å². The van der Waals surface area contributed by atoms with Crippen molar-refractivity contribution in [2.24, 2.45) is 0 Å². The van der Waals surface area contributed by atoms with Crippen LogP contribution in [0.3, 0.4) is 0 Å². The number of amides is 1. The van der Waals surface area contributed by atoms with Crippen molar-refractivity contribution < 1.29 is 19.1 Å². The number of rotatable bonds is 5. The molecule has 0 fully saturated rings. The van der Waals surface area contributed by atoms with Crippen LogP contribution in [-0.4, -0.2) is 31.1 Å². The average molecular weight is 353 g/mol. The Hall–Kier alpha value is -2.82. The van der Waals surface area contributed by atoms with Gasteiger partial charge in [0.1, 0.15) is 5.75 Å². The average Bonchev–Trinajstić information content (AvgIpc) is 2.97. The lowest BCUT2D eigenvalue weighted by Gasteiger charge is -2.26. The first-order valence-electron chi connectivity index (χ1n) is 8.73. The number of carbonyl (C=O) groups is 2. The number of carbonyl (C=O) groups excluding carboxylic acids is 2. The summed E-state index contributed by atoms with van der Waals surface area (Å²) in [5.41, 5.74) is 2.86. The predicted molar refractivity (Wildman–Crippen MR) is 99.3 cm³/mol. The smallest absolute Gasteiger partial charge is 0.311 e. The molecular formula is C21H23NO4. The predicted octanol–water partition coefficient (Wildman–Crippen LogP) is 3.15. The third kappa shape index (κ3) is 3.72. The second kappa shape index (κ2) is 7.60. The van der Waals surface area contributed by atoms with Crippen molar-refractivity contribution in [3.8, 4) is 5.75 Å². The number of ether oxygens (including phenoxy) is 2. The van der Waals surface area contributed by atoms with E-state index in [2.05, 4.69) is 0 Å². The molecule has 2 aromatic rings. The van der Waals surface area contributed by atoms with Gasteiger partial charge in [-0.25, -0.2) is 0 Å². The zero-order valence-corrected chi connectivity index (χ0v) is 15.3. The zero-order valence-electron chi connectivity index (χ0n) is 15.3. The van der Waals surface area contributed by atoms with E-state index >= 15 is 0 Å². The molecule has 0 saturated heterocycles. The number of fused-ring (bicyclic) bond motifs is 1. The van der Waals surface area contributed by atoms with Gasteiger partial charge in [0.15, 0.2) is 6.10 Å². The Morgan fingerprint density at radius 2 is 1.85 bits per heavy atom. The van der Waals surface area contributed by atoms with Gasteiger partial charge in [-0.2, -0.15) is 0 Å². The van der Waals surface area contributed by atoms with E-state index in [4.69, 9.17) is 9.47 Å². The molecule has 1 aliphatic rings. The van der Waals surface area contributed by atoms with E-state index < -0.39 is 12.1 Å². The molecule has 0 spiro atoms. The summed E-state index contributed by atoms with van der Waals surface area (Å²) in [6.45, 7) is 3.63. The molecule has 2 aromatic carbocycles. The minimum atomic E-state index is -0.825. The van der Waals surface area contributed by atoms with Crippen LogP contribution >= 0.6 is 0 Å². The lowest BCUT2D eigenvalue weighted by molar-refractivity contribution is -0.153. The summed E-state index contributed by atoms with van der Waals surface area (Å²) in [5, 5.41) is 0. The molecule has 0 N–H and O–H groups in total. The van der Waals surface area contributed by atoms with Gasteiger partial charge < -0.3 is 14.4 Å². The van der Waals surface area contributed by atoms with E-state index in [0.717, 1.165) is 29.0 Å². The van der Waals surface area contributed by atoms with E-state index in [-0.39, 0.29) is 18.4 Å². The Morgan fingerprint density at radius 3 is 2.54 bits per heavy atom. The third-order valence-electron chi connectivity index (χ3n) is 4.61. The normalized spacial score (nSPS) is 16.7. The highest BCUT2D eigenvalue weighted by atomic mass is 16.5. The monoisotopic (exact) mass is 353 g/mol. The number of hydrogen-bond acceptors (Lipinski definition) is 4. The van der Waals surface area contributed by atoms with Crippen molar-refractivity contribution >= 4 is 17.6 Å². The maximum atomic E-state index is 12.8. The summed E-state index contributed by atoms with van der Waals surface area (Å²) in [7, 11) is 1.59. The molecule has 1 aliphatic heterocycles. The molecular weight excluding hydrogens is 330 g/mol. The summed E-state index contributed by atoms with van der Waals surface area (Å²) in [6.07, 6.45) is 0.108. The van der Waals surface area contributed by atoms with Gasteiger partial charge in [0.25, 0.3) is 5.91 Å². The van der Waals surface area contributed by atoms with E-state index in [1.807, 2.05) is 43.3 Å². The van der Waals surface area contributed by atoms with E-state index in [1.54, 1.807) is 31.1 Å². The number of hydrogen-bond donors (Lipinski definition) is 0. The van der Waals surface area contributed by atoms with Crippen molar-refractivity contribution in [3.63, 3.8) is 0 Å². The maximum absolute atomic E-state index is 12.8. The molecule has 26 heavy (non-hydrogen) atoms. The van der Waals surface area contributed by atoms with Crippen LogP contribution in [0, 0.1) is 0 Å². The van der Waals surface area contributed by atoms with Gasteiger partial charge in [-0.1, -0.05) is 30.3 Å². The molecule has 0 aromatic heterocycles. The Labute approximate surface area is 153 Å². The first-order chi connectivity index (χ1) is 12.5. The van der Waals surface area contributed by atoms with Crippen LogP contribution < -0.4 is 9.64 Å². The van der Waals surface area contributed by atoms with Gasteiger partial charge in [0.05, 0.1) is 13.5 Å². The summed E-state index contributed by atoms with van der Waals surface area (Å²) in [6, 6.07) is 15.1. The van der Waals surface area contributed by atoms with Crippen molar-refractivity contribution in [1.29, 1.82) is 0 Å². The minimum Gasteiger partial charge on any atom is -0.497 e. The molecule has 2 atom stereocenters. The van der Waals surface area contributed by atoms with Crippen LogP contribution in [0.1, 0.15) is 25.0 Å². The summed E-state index contributed by atoms with van der Waals surface area (Å²) >= 11 is 0. The number of anilines is 1. The molecule has 0 unspecified atom stereocenters. The number of nitrogens with zero attached hydrogens (tertiary/aromatic N) is 1. The highest BCUT2D eigenvalue weighted by Crippen LogP contribution is 2.32. The molecule has 0 aliphatic carbocycles. The lowest BCUT2D eigenvalue weighted by Crippen LogP contribution is -2.43. The second-order valence-electron chi connectivity index (χ2n) is 6.55. The van der Waals surface area contributed by atoms with Crippen molar-refractivity contribution in [1.82, 2.24) is 0 Å². The highest BCUT2D eigenvalue weighted by molar-refractivity contribution is 5.99. The SMILES string of the molecule is COc1ccc(CC(=O)O[C@@H](C)C(=O)N2c3ccccc3C[C@@H]2C)cc1. The summed E-state index contributed by atoms with van der Waals surface area (Å²) < 4.78 is 10.5. The summed E-state index contributed by atoms with van der Waals surface area (Å²) in [5.74, 6) is 0.119. The topological polar surface area (TPSA) is 55.8 Å². The largest absolute Gasteiger partial charge is 0.497 e. The van der Waals surface area contributed by atoms with Gasteiger partial charge in [-0.3, -0.25) is 9.59 Å². The van der Waals surface area contributed by atoms with Crippen LogP contribution in [0.15, 0.2) is 48.5 Å². The molecule has 1 amide bonds. The molecule has 136 valence electrons. The lowest BCUT2D eigenvalue weighted by atomic mass is 10.1. The zero-order chi connectivity index (χ0) is 18.7. The van der Waals surface area contributed by atoms with Gasteiger partial charge in [-0.05, 0) is 49.6 Å². The molecule has 5 nitrogen and oxygen atoms in total. The standard InChI is InChI=1S/C21H23NO4/c1-14-12-17-6-4-5-7-19(17)22(14)21(24)15(2)26-20(23)13-16-8-10-18(25-3)11-9-16/h4-11,14-15H,12-13H2,1-3H3/t14-,15-/m0/s1.